The summed E-state index contributed by atoms with van der Waals surface area (Å²) in [4.78, 5) is 18.8. The van der Waals surface area contributed by atoms with Crippen LogP contribution in [0.2, 0.25) is 0 Å². The number of anilines is 2. The number of pyridine rings is 1. The Hall–Kier alpha value is -2.60. The second-order valence-corrected chi connectivity index (χ2v) is 6.54. The molecule has 0 saturated carbocycles. The first-order valence-corrected chi connectivity index (χ1v) is 8.44. The number of piperidine rings is 1. The van der Waals surface area contributed by atoms with Crippen LogP contribution in [-0.4, -0.2) is 31.2 Å². The van der Waals surface area contributed by atoms with Crippen LogP contribution in [0.3, 0.4) is 0 Å². The minimum absolute atomic E-state index is 0.343. The number of carbonyl (C=O) groups is 1. The Morgan fingerprint density at radius 3 is 2.80 bits per heavy atom. The second kappa shape index (κ2) is 6.04. The van der Waals surface area contributed by atoms with Gasteiger partial charge >= 0.3 is 5.97 Å². The summed E-state index contributed by atoms with van der Waals surface area (Å²) in [6.07, 6.45) is 2.66. The summed E-state index contributed by atoms with van der Waals surface area (Å²) in [7, 11) is 1.40. The van der Waals surface area contributed by atoms with Gasteiger partial charge in [0, 0.05) is 31.0 Å². The summed E-state index contributed by atoms with van der Waals surface area (Å²) in [6.45, 7) is 1.58. The average molecular weight is 339 g/mol. The predicted molar refractivity (Wildman–Crippen MR) is 94.1 cm³/mol. The van der Waals surface area contributed by atoms with E-state index < -0.39 is 11.7 Å². The Morgan fingerprint density at radius 1 is 1.32 bits per heavy atom. The number of rotatable bonds is 2. The third kappa shape index (κ3) is 2.62. The largest absolute Gasteiger partial charge is 0.467 e. The van der Waals surface area contributed by atoms with Crippen LogP contribution < -0.4 is 10.6 Å². The Kier molecular flexibility index (Phi) is 3.84. The van der Waals surface area contributed by atoms with Gasteiger partial charge in [-0.25, -0.2) is 9.78 Å². The number of benzene rings is 1. The molecule has 4 rings (SSSR count). The van der Waals surface area contributed by atoms with Crippen molar-refractivity contribution >= 4 is 17.5 Å². The van der Waals surface area contributed by atoms with Gasteiger partial charge in [-0.3, -0.25) is 0 Å². The molecule has 2 aliphatic rings. The smallest absolute Gasteiger partial charge is 0.339 e. The number of nitrogens with zero attached hydrogens (tertiary/aromatic N) is 2. The Bertz CT molecular complexity index is 800. The molecule has 1 saturated heterocycles. The van der Waals surface area contributed by atoms with Crippen LogP contribution in [0.4, 0.5) is 11.5 Å². The van der Waals surface area contributed by atoms with E-state index >= 15 is 0 Å². The van der Waals surface area contributed by atoms with Gasteiger partial charge in [0.1, 0.15) is 5.82 Å². The van der Waals surface area contributed by atoms with Crippen molar-refractivity contribution in [1.29, 1.82) is 0 Å². The highest BCUT2D eigenvalue weighted by Gasteiger charge is 2.49. The number of carbonyl (C=O) groups excluding carboxylic acids is 1. The summed E-state index contributed by atoms with van der Waals surface area (Å²) in [5.74, 6) is 0.537. The highest BCUT2D eigenvalue weighted by atomic mass is 16.6. The molecule has 0 amide bonds. The van der Waals surface area contributed by atoms with E-state index in [1.165, 1.54) is 7.11 Å². The number of nitrogen functional groups attached to an aromatic ring is 1. The summed E-state index contributed by atoms with van der Waals surface area (Å²) >= 11 is 0. The standard InChI is InChI=1S/C19H21N3O3/c1-24-18(23)17-14-4-2-3-5-15(14)19(25-17)7-10-22(11-8-19)16-12-13(20)6-9-21-16/h2-6,9,12,17H,7-8,10-11H2,1H3,(H2,20,21). The number of hydrogen-bond acceptors (Lipinski definition) is 6. The first-order chi connectivity index (χ1) is 12.1. The molecule has 6 nitrogen and oxygen atoms in total. The topological polar surface area (TPSA) is 77.7 Å². The molecule has 25 heavy (non-hydrogen) atoms. The van der Waals surface area contributed by atoms with Crippen molar-refractivity contribution in [3.05, 3.63) is 53.7 Å². The number of ether oxygens (including phenoxy) is 2. The van der Waals surface area contributed by atoms with E-state index in [4.69, 9.17) is 15.2 Å². The molecule has 1 aromatic carbocycles. The van der Waals surface area contributed by atoms with Crippen LogP contribution in [0.25, 0.3) is 0 Å². The van der Waals surface area contributed by atoms with Crippen LogP contribution in [0.1, 0.15) is 30.1 Å². The lowest BCUT2D eigenvalue weighted by Crippen LogP contribution is -2.43. The third-order valence-electron chi connectivity index (χ3n) is 5.16. The molecule has 0 bridgehead atoms. The minimum Gasteiger partial charge on any atom is -0.467 e. The molecule has 2 aromatic rings. The van der Waals surface area contributed by atoms with Gasteiger partial charge in [0.15, 0.2) is 6.10 Å². The molecule has 0 aliphatic carbocycles. The molecule has 1 unspecified atom stereocenters. The van der Waals surface area contributed by atoms with Crippen LogP contribution in [0, 0.1) is 0 Å². The predicted octanol–water partition coefficient (Wildman–Crippen LogP) is 2.40. The van der Waals surface area contributed by atoms with E-state index in [1.807, 2.05) is 24.3 Å². The molecule has 2 aliphatic heterocycles. The van der Waals surface area contributed by atoms with Crippen LogP contribution in [0.5, 0.6) is 0 Å². The molecular weight excluding hydrogens is 318 g/mol. The van der Waals surface area contributed by atoms with Gasteiger partial charge in [-0.2, -0.15) is 0 Å². The van der Waals surface area contributed by atoms with E-state index in [1.54, 1.807) is 12.3 Å². The van der Waals surface area contributed by atoms with E-state index in [9.17, 15) is 4.79 Å². The molecule has 1 atom stereocenters. The zero-order valence-corrected chi connectivity index (χ0v) is 14.1. The number of fused-ring (bicyclic) bond motifs is 2. The van der Waals surface area contributed by atoms with Gasteiger partial charge in [0.25, 0.3) is 0 Å². The lowest BCUT2D eigenvalue weighted by Gasteiger charge is -2.40. The molecule has 1 spiro atoms. The maximum absolute atomic E-state index is 12.1. The maximum Gasteiger partial charge on any atom is 0.339 e. The fraction of sp³-hybridized carbons (Fsp3) is 0.368. The molecule has 6 heteroatoms. The lowest BCUT2D eigenvalue weighted by atomic mass is 9.83. The van der Waals surface area contributed by atoms with Crippen LogP contribution in [-0.2, 0) is 19.9 Å². The summed E-state index contributed by atoms with van der Waals surface area (Å²) in [6, 6.07) is 11.6. The van der Waals surface area contributed by atoms with Crippen molar-refractivity contribution in [3.8, 4) is 0 Å². The van der Waals surface area contributed by atoms with Gasteiger partial charge in [0.05, 0.1) is 12.7 Å². The van der Waals surface area contributed by atoms with Crippen molar-refractivity contribution in [3.63, 3.8) is 0 Å². The van der Waals surface area contributed by atoms with Crippen molar-refractivity contribution in [2.75, 3.05) is 30.8 Å². The van der Waals surface area contributed by atoms with Gasteiger partial charge in [-0.1, -0.05) is 24.3 Å². The highest BCUT2D eigenvalue weighted by molar-refractivity contribution is 5.78. The summed E-state index contributed by atoms with van der Waals surface area (Å²) < 4.78 is 11.2. The number of hydrogen-bond donors (Lipinski definition) is 1. The Labute approximate surface area is 146 Å². The van der Waals surface area contributed by atoms with Crippen molar-refractivity contribution in [2.45, 2.75) is 24.5 Å². The average Bonchev–Trinajstić information content (AvgIpc) is 2.96. The molecule has 130 valence electrons. The Balaban J connectivity index is 1.59. The van der Waals surface area contributed by atoms with Gasteiger partial charge in [-0.05, 0) is 30.0 Å². The molecule has 0 radical (unpaired) electrons. The summed E-state index contributed by atoms with van der Waals surface area (Å²) in [5, 5.41) is 0. The van der Waals surface area contributed by atoms with E-state index in [2.05, 4.69) is 16.0 Å². The first kappa shape index (κ1) is 15.9. The number of aromatic nitrogens is 1. The molecule has 1 fully saturated rings. The van der Waals surface area contributed by atoms with Gasteiger partial charge < -0.3 is 20.1 Å². The third-order valence-corrected chi connectivity index (χ3v) is 5.16. The van der Waals surface area contributed by atoms with E-state index in [0.29, 0.717) is 5.69 Å². The Morgan fingerprint density at radius 2 is 2.08 bits per heavy atom. The number of esters is 1. The highest BCUT2D eigenvalue weighted by Crippen LogP contribution is 2.49. The fourth-order valence-corrected chi connectivity index (χ4v) is 3.87. The zero-order chi connectivity index (χ0) is 17.4. The number of methoxy groups -OCH3 is 1. The monoisotopic (exact) mass is 339 g/mol. The number of nitrogens with two attached hydrogens (primary N) is 1. The maximum atomic E-state index is 12.1. The lowest BCUT2D eigenvalue weighted by molar-refractivity contribution is -0.167. The van der Waals surface area contributed by atoms with Gasteiger partial charge in [0.2, 0.25) is 0 Å². The van der Waals surface area contributed by atoms with Gasteiger partial charge in [-0.15, -0.1) is 0 Å². The molecule has 3 heterocycles. The normalized spacial score (nSPS) is 21.2. The first-order valence-electron chi connectivity index (χ1n) is 8.44. The zero-order valence-electron chi connectivity index (χ0n) is 14.1. The van der Waals surface area contributed by atoms with Crippen molar-refractivity contribution < 1.29 is 14.3 Å². The molecular formula is C19H21N3O3. The molecule has 2 N–H and O–H groups in total. The fourth-order valence-electron chi connectivity index (χ4n) is 3.87. The second-order valence-electron chi connectivity index (χ2n) is 6.54. The summed E-state index contributed by atoms with van der Waals surface area (Å²) in [5.41, 5.74) is 8.16. The minimum atomic E-state index is -0.641. The van der Waals surface area contributed by atoms with Crippen LogP contribution >= 0.6 is 0 Å². The molecule has 1 aromatic heterocycles. The van der Waals surface area contributed by atoms with E-state index in [-0.39, 0.29) is 5.97 Å². The van der Waals surface area contributed by atoms with E-state index in [0.717, 1.165) is 42.9 Å². The van der Waals surface area contributed by atoms with Crippen molar-refractivity contribution in [1.82, 2.24) is 4.98 Å². The SMILES string of the molecule is COC(=O)C1OC2(CCN(c3cc(N)ccn3)CC2)c2ccccc21. The van der Waals surface area contributed by atoms with Crippen molar-refractivity contribution in [2.24, 2.45) is 0 Å². The van der Waals surface area contributed by atoms with Crippen LogP contribution in [0.15, 0.2) is 42.6 Å². The quantitative estimate of drug-likeness (QED) is 0.847.